The maximum atomic E-state index is 15.6. The quantitative estimate of drug-likeness (QED) is 0.170. The lowest BCUT2D eigenvalue weighted by atomic mass is 9.98. The number of likely N-dealkylation sites (tertiary alicyclic amines) is 1. The Morgan fingerprint density at radius 2 is 1.84 bits per heavy atom. The van der Waals surface area contributed by atoms with Gasteiger partial charge in [0.1, 0.15) is 33.6 Å². The van der Waals surface area contributed by atoms with Crippen molar-refractivity contribution in [2.45, 2.75) is 54.2 Å². The maximum absolute atomic E-state index is 15.6. The first-order valence-corrected chi connectivity index (χ1v) is 16.9. The minimum Gasteiger partial charge on any atom is -0.351 e. The zero-order valence-corrected chi connectivity index (χ0v) is 27.4. The van der Waals surface area contributed by atoms with E-state index in [0.29, 0.717) is 36.0 Å². The first kappa shape index (κ1) is 34.0. The number of anilines is 3. The third-order valence-electron chi connectivity index (χ3n) is 8.97. The van der Waals surface area contributed by atoms with Crippen LogP contribution in [0.1, 0.15) is 53.2 Å². The van der Waals surface area contributed by atoms with E-state index >= 15 is 4.39 Å². The van der Waals surface area contributed by atoms with E-state index in [1.807, 2.05) is 6.07 Å². The van der Waals surface area contributed by atoms with Crippen molar-refractivity contribution in [3.05, 3.63) is 82.9 Å². The predicted octanol–water partition coefficient (Wildman–Crippen LogP) is 5.23. The number of hydrogen-bond donors (Lipinski definition) is 3. The van der Waals surface area contributed by atoms with Gasteiger partial charge in [-0.05, 0) is 68.0 Å². The molecular weight excluding hydrogens is 692 g/mol. The smallest absolute Gasteiger partial charge is 0.351 e. The van der Waals surface area contributed by atoms with Gasteiger partial charge in [0.05, 0.1) is 23.0 Å². The number of halogens is 4. The highest BCUT2D eigenvalue weighted by atomic mass is 32.2. The normalized spacial score (nSPS) is 21.4. The number of benzene rings is 1. The molecule has 4 aliphatic rings. The van der Waals surface area contributed by atoms with Crippen LogP contribution in [0, 0.1) is 23.1 Å². The van der Waals surface area contributed by atoms with Crippen LogP contribution in [-0.4, -0.2) is 63.0 Å². The molecule has 1 saturated heterocycles. The van der Waals surface area contributed by atoms with Crippen molar-refractivity contribution in [3.63, 3.8) is 0 Å². The highest BCUT2D eigenvalue weighted by molar-refractivity contribution is 8.01. The average Bonchev–Trinajstić information content (AvgIpc) is 3.86. The molecule has 1 aliphatic carbocycles. The topological polar surface area (TPSA) is 160 Å². The minimum absolute atomic E-state index is 0.112. The van der Waals surface area contributed by atoms with Crippen LogP contribution >= 0.6 is 11.8 Å². The number of nitrogens with zero attached hydrogens (tertiary/aromatic N) is 5. The number of carbonyl (C=O) groups excluding carboxylic acids is 4. The Labute approximate surface area is 292 Å². The number of allylic oxidation sites excluding steroid dienone is 1. The van der Waals surface area contributed by atoms with E-state index in [1.54, 1.807) is 11.0 Å². The van der Waals surface area contributed by atoms with E-state index in [-0.39, 0.29) is 58.6 Å². The Hall–Kier alpha value is -5.50. The number of nitriles is 1. The molecule has 3 N–H and O–H groups in total. The molecule has 2 aromatic heterocycles. The molecule has 2 unspecified atom stereocenters. The van der Waals surface area contributed by atoms with Crippen LogP contribution in [0.4, 0.5) is 39.5 Å². The van der Waals surface area contributed by atoms with Gasteiger partial charge in [0.2, 0.25) is 5.91 Å². The van der Waals surface area contributed by atoms with E-state index in [1.165, 1.54) is 24.4 Å². The van der Waals surface area contributed by atoms with Crippen molar-refractivity contribution in [1.82, 2.24) is 25.5 Å². The number of hydrogen-bond acceptors (Lipinski definition) is 8. The predicted molar refractivity (Wildman–Crippen MR) is 175 cm³/mol. The highest BCUT2D eigenvalue weighted by Gasteiger charge is 2.47. The number of nitrogens with one attached hydrogen (secondary N) is 3. The third kappa shape index (κ3) is 6.83. The van der Waals surface area contributed by atoms with Crippen LogP contribution in [0.2, 0.25) is 0 Å². The monoisotopic (exact) mass is 720 g/mol. The molecule has 1 saturated carbocycles. The van der Waals surface area contributed by atoms with Gasteiger partial charge < -0.3 is 20.9 Å². The summed E-state index contributed by atoms with van der Waals surface area (Å²) in [6, 6.07) is 6.24. The Kier molecular flexibility index (Phi) is 8.87. The van der Waals surface area contributed by atoms with Crippen LogP contribution < -0.4 is 20.9 Å². The molecule has 5 heterocycles. The fourth-order valence-corrected chi connectivity index (χ4v) is 7.58. The van der Waals surface area contributed by atoms with E-state index in [9.17, 15) is 37.6 Å². The molecule has 3 aliphatic heterocycles. The van der Waals surface area contributed by atoms with Crippen LogP contribution in [-0.2, 0) is 15.8 Å². The molecule has 3 aromatic rings. The van der Waals surface area contributed by atoms with Gasteiger partial charge in [-0.25, -0.2) is 19.2 Å². The average molecular weight is 721 g/mol. The molecule has 0 spiro atoms. The van der Waals surface area contributed by atoms with Gasteiger partial charge in [-0.1, -0.05) is 17.8 Å². The SMILES string of the molecule is N#C/C(=C\C1CC1)C(=O)N1CCCC(NC(=O)[C@H]2Sc3nccc4c3C2NC(=O)N4c2ccc(C(=O)Nc3cc(C(F)(F)F)ccn3)cc2F)C1. The summed E-state index contributed by atoms with van der Waals surface area (Å²) in [6.45, 7) is 0.701. The lowest BCUT2D eigenvalue weighted by Crippen LogP contribution is -2.54. The number of urea groups is 1. The first-order valence-electron chi connectivity index (χ1n) is 16.0. The molecule has 17 heteroatoms. The van der Waals surface area contributed by atoms with Crippen LogP contribution in [0.15, 0.2) is 65.5 Å². The lowest BCUT2D eigenvalue weighted by Gasteiger charge is -2.36. The Bertz CT molecular complexity index is 2030. The summed E-state index contributed by atoms with van der Waals surface area (Å²) >= 11 is 1.14. The number of amides is 5. The third-order valence-corrected chi connectivity index (χ3v) is 10.3. The summed E-state index contributed by atoms with van der Waals surface area (Å²) in [5.74, 6) is -2.75. The molecule has 0 radical (unpaired) electrons. The maximum Gasteiger partial charge on any atom is 0.416 e. The van der Waals surface area contributed by atoms with Crippen molar-refractivity contribution in [2.75, 3.05) is 23.3 Å². The van der Waals surface area contributed by atoms with Crippen LogP contribution in [0.5, 0.6) is 0 Å². The van der Waals surface area contributed by atoms with Gasteiger partial charge in [-0.15, -0.1) is 0 Å². The second-order valence-corrected chi connectivity index (χ2v) is 13.7. The van der Waals surface area contributed by atoms with E-state index in [0.717, 1.165) is 47.8 Å². The summed E-state index contributed by atoms with van der Waals surface area (Å²) in [5.41, 5.74) is -0.578. The molecule has 12 nitrogen and oxygen atoms in total. The number of alkyl halides is 3. The van der Waals surface area contributed by atoms with Crippen LogP contribution in [0.25, 0.3) is 0 Å². The number of rotatable bonds is 7. The summed E-state index contributed by atoms with van der Waals surface area (Å²) in [4.78, 5) is 63.8. The van der Waals surface area contributed by atoms with Gasteiger partial charge in [-0.3, -0.25) is 19.3 Å². The summed E-state index contributed by atoms with van der Waals surface area (Å²) in [5, 5.41) is 17.2. The second kappa shape index (κ2) is 13.3. The Morgan fingerprint density at radius 1 is 1.06 bits per heavy atom. The standard InChI is InChI=1S/C34H28F4N8O4S/c35-22-13-18(29(47)43-25-14-20(7-9-40-25)34(36,37)38)5-6-23(22)46-24-8-10-41-31-26(24)27(44-33(46)50)28(51-31)30(48)42-21-2-1-11-45(16-21)32(49)19(15-39)12-17-3-4-17/h5-10,12-14,17,21,27-28H,1-4,11,16H2,(H,42,48)(H,44,50)(H,40,43,47)/b19-12+/t21?,27?,28-/m0/s1. The minimum atomic E-state index is -4.66. The molecule has 1 aromatic carbocycles. The summed E-state index contributed by atoms with van der Waals surface area (Å²) in [7, 11) is 0. The fraction of sp³-hybridized carbons (Fsp3) is 0.324. The molecular formula is C34H28F4N8O4S. The van der Waals surface area contributed by atoms with Crippen molar-refractivity contribution >= 4 is 52.7 Å². The number of piperidine rings is 1. The highest BCUT2D eigenvalue weighted by Crippen LogP contribution is 2.51. The van der Waals surface area contributed by atoms with Crippen molar-refractivity contribution in [2.24, 2.45) is 5.92 Å². The largest absolute Gasteiger partial charge is 0.416 e. The second-order valence-electron chi connectivity index (χ2n) is 12.5. The summed E-state index contributed by atoms with van der Waals surface area (Å²) in [6.07, 6.45) is 2.54. The fourth-order valence-electron chi connectivity index (χ4n) is 6.35. The summed E-state index contributed by atoms with van der Waals surface area (Å²) < 4.78 is 54.9. The number of thioether (sulfide) groups is 1. The Morgan fingerprint density at radius 3 is 2.57 bits per heavy atom. The molecule has 2 fully saturated rings. The van der Waals surface area contributed by atoms with Crippen LogP contribution in [0.3, 0.4) is 0 Å². The number of pyridine rings is 2. The molecule has 3 atom stereocenters. The van der Waals surface area contributed by atoms with Gasteiger partial charge in [0.15, 0.2) is 0 Å². The molecule has 5 amide bonds. The Balaban J connectivity index is 1.06. The lowest BCUT2D eigenvalue weighted by molar-refractivity contribution is -0.137. The van der Waals surface area contributed by atoms with Gasteiger partial charge in [0.25, 0.3) is 11.8 Å². The van der Waals surface area contributed by atoms with Crippen molar-refractivity contribution in [3.8, 4) is 6.07 Å². The molecule has 262 valence electrons. The number of aromatic nitrogens is 2. The zero-order chi connectivity index (χ0) is 36.0. The van der Waals surface area contributed by atoms with Crippen molar-refractivity contribution in [1.29, 1.82) is 5.26 Å². The van der Waals surface area contributed by atoms with Crippen molar-refractivity contribution < 1.29 is 36.7 Å². The van der Waals surface area contributed by atoms with Gasteiger partial charge >= 0.3 is 12.2 Å². The molecule has 51 heavy (non-hydrogen) atoms. The molecule has 0 bridgehead atoms. The number of carbonyl (C=O) groups is 4. The van der Waals surface area contributed by atoms with Gasteiger partial charge in [0, 0.05) is 42.7 Å². The first-order chi connectivity index (χ1) is 24.4. The van der Waals surface area contributed by atoms with Gasteiger partial charge in [-0.2, -0.15) is 18.4 Å². The zero-order valence-electron chi connectivity index (χ0n) is 26.5. The van der Waals surface area contributed by atoms with E-state index in [4.69, 9.17) is 0 Å². The molecule has 7 rings (SSSR count). The van der Waals surface area contributed by atoms with E-state index < -0.39 is 40.8 Å². The van der Waals surface area contributed by atoms with E-state index in [2.05, 4.69) is 25.9 Å².